The van der Waals surface area contributed by atoms with Crippen LogP contribution in [0, 0.1) is 11.6 Å². The molecule has 2 fully saturated rings. The second-order valence-electron chi connectivity index (χ2n) is 12.6. The van der Waals surface area contributed by atoms with Gasteiger partial charge in [0.2, 0.25) is 0 Å². The van der Waals surface area contributed by atoms with Gasteiger partial charge in [-0.1, -0.05) is 39.5 Å². The van der Waals surface area contributed by atoms with Crippen molar-refractivity contribution in [3.63, 3.8) is 0 Å². The van der Waals surface area contributed by atoms with E-state index < -0.39 is 0 Å². The van der Waals surface area contributed by atoms with Crippen LogP contribution in [0.25, 0.3) is 0 Å². The fourth-order valence-corrected chi connectivity index (χ4v) is 7.75. The lowest BCUT2D eigenvalue weighted by molar-refractivity contribution is 0.0783. The second kappa shape index (κ2) is 14.9. The fourth-order valence-electron chi connectivity index (χ4n) is 7.75. The lowest BCUT2D eigenvalue weighted by Crippen LogP contribution is -2.48. The zero-order valence-electron chi connectivity index (χ0n) is 26.3. The third-order valence-corrected chi connectivity index (χ3v) is 9.79. The monoisotopic (exact) mass is 600 g/mol. The van der Waals surface area contributed by atoms with Crippen molar-refractivity contribution in [3.05, 3.63) is 47.0 Å². The van der Waals surface area contributed by atoms with Crippen LogP contribution in [0.2, 0.25) is 0 Å². The standard InChI is InChI=1S/C18H26FNO2.C17H24FNO2/c1-3-10-20(13-6-4-5-7-13)14-11-15-17(21-2)9-8-16(19)18(15)22-12-14;1-2-9-19(12-5-3-4-6-12)13-10-14-16(20)8-7-15(18)17(14)21-11-13/h8-9,13-14H,3-7,10-12H2,1-2H3;7-8,12-13,20H,2-6,9-11H2,1H3/t14-;13-/m11/s1. The highest BCUT2D eigenvalue weighted by atomic mass is 19.1. The molecule has 2 heterocycles. The fraction of sp³-hybridized carbons (Fsp3) is 0.657. The molecule has 0 saturated heterocycles. The Balaban J connectivity index is 0.000000171. The predicted octanol–water partition coefficient (Wildman–Crippen LogP) is 7.28. The van der Waals surface area contributed by atoms with Crippen LogP contribution in [0.15, 0.2) is 24.3 Å². The summed E-state index contributed by atoms with van der Waals surface area (Å²) in [5, 5.41) is 10.0. The van der Waals surface area contributed by atoms with E-state index in [1.807, 2.05) is 0 Å². The number of aromatic hydroxyl groups is 1. The summed E-state index contributed by atoms with van der Waals surface area (Å²) in [6.07, 6.45) is 14.0. The van der Waals surface area contributed by atoms with Crippen LogP contribution in [0.4, 0.5) is 8.78 Å². The molecule has 4 aliphatic rings. The molecule has 6 nitrogen and oxygen atoms in total. The molecule has 0 aromatic heterocycles. The Morgan fingerprint density at radius 1 is 0.721 bits per heavy atom. The maximum atomic E-state index is 14.0. The number of hydrogen-bond donors (Lipinski definition) is 1. The SMILES string of the molecule is CCCN(C1CCCC1)[C@H]1COc2c(F)ccc(O)c2C1.CCCN(C1CCCC1)[C@H]1COc2c(F)ccc(OC)c2C1. The lowest BCUT2D eigenvalue weighted by Gasteiger charge is -2.39. The van der Waals surface area contributed by atoms with E-state index in [0.29, 0.717) is 49.1 Å². The number of benzene rings is 2. The van der Waals surface area contributed by atoms with Crippen molar-refractivity contribution in [2.45, 2.75) is 115 Å². The Morgan fingerprint density at radius 2 is 1.19 bits per heavy atom. The maximum Gasteiger partial charge on any atom is 0.165 e. The average Bonchev–Trinajstić information content (AvgIpc) is 3.76. The van der Waals surface area contributed by atoms with Gasteiger partial charge in [-0.2, -0.15) is 0 Å². The van der Waals surface area contributed by atoms with Crippen molar-refractivity contribution >= 4 is 0 Å². The highest BCUT2D eigenvalue weighted by Crippen LogP contribution is 2.39. The molecule has 2 aliphatic carbocycles. The van der Waals surface area contributed by atoms with Crippen molar-refractivity contribution < 1.29 is 28.1 Å². The minimum absolute atomic E-state index is 0.152. The molecule has 2 saturated carbocycles. The first-order valence-corrected chi connectivity index (χ1v) is 16.6. The molecule has 2 aromatic carbocycles. The van der Waals surface area contributed by atoms with Gasteiger partial charge in [-0.05, 0) is 88.7 Å². The van der Waals surface area contributed by atoms with Crippen LogP contribution in [0.5, 0.6) is 23.0 Å². The van der Waals surface area contributed by atoms with Crippen molar-refractivity contribution in [2.75, 3.05) is 33.4 Å². The first-order chi connectivity index (χ1) is 20.9. The second-order valence-corrected chi connectivity index (χ2v) is 12.6. The highest BCUT2D eigenvalue weighted by molar-refractivity contribution is 5.48. The zero-order valence-corrected chi connectivity index (χ0v) is 26.3. The van der Waals surface area contributed by atoms with E-state index in [1.165, 1.54) is 69.6 Å². The van der Waals surface area contributed by atoms with E-state index in [1.54, 1.807) is 13.2 Å². The molecule has 0 bridgehead atoms. The number of methoxy groups -OCH3 is 1. The molecule has 2 aromatic rings. The molecule has 8 heteroatoms. The summed E-state index contributed by atoms with van der Waals surface area (Å²) in [4.78, 5) is 5.13. The van der Waals surface area contributed by atoms with E-state index >= 15 is 0 Å². The Bertz CT molecular complexity index is 1200. The van der Waals surface area contributed by atoms with Crippen LogP contribution in [0.1, 0.15) is 89.2 Å². The van der Waals surface area contributed by atoms with E-state index in [2.05, 4.69) is 23.6 Å². The molecule has 0 spiro atoms. The van der Waals surface area contributed by atoms with Gasteiger partial charge in [-0.15, -0.1) is 0 Å². The van der Waals surface area contributed by atoms with Crippen LogP contribution in [0.3, 0.4) is 0 Å². The first-order valence-electron chi connectivity index (χ1n) is 16.6. The molecule has 2 aliphatic heterocycles. The van der Waals surface area contributed by atoms with Gasteiger partial charge in [-0.3, -0.25) is 9.80 Å². The van der Waals surface area contributed by atoms with Gasteiger partial charge in [0.1, 0.15) is 24.7 Å². The normalized spacial score (nSPS) is 22.0. The van der Waals surface area contributed by atoms with Crippen molar-refractivity contribution in [1.29, 1.82) is 0 Å². The average molecular weight is 601 g/mol. The van der Waals surface area contributed by atoms with E-state index in [4.69, 9.17) is 14.2 Å². The Labute approximate surface area is 256 Å². The quantitative estimate of drug-likeness (QED) is 0.327. The molecule has 0 radical (unpaired) electrons. The minimum Gasteiger partial charge on any atom is -0.508 e. The summed E-state index contributed by atoms with van der Waals surface area (Å²) in [6, 6.07) is 7.69. The van der Waals surface area contributed by atoms with Crippen LogP contribution in [-0.2, 0) is 12.8 Å². The number of rotatable bonds is 9. The maximum absolute atomic E-state index is 14.0. The summed E-state index contributed by atoms with van der Waals surface area (Å²) in [6.45, 7) is 7.64. The van der Waals surface area contributed by atoms with Gasteiger partial charge in [0.05, 0.1) is 7.11 Å². The largest absolute Gasteiger partial charge is 0.508 e. The van der Waals surface area contributed by atoms with Crippen LogP contribution >= 0.6 is 0 Å². The number of halogens is 2. The third-order valence-electron chi connectivity index (χ3n) is 9.79. The molecule has 0 unspecified atom stereocenters. The van der Waals surface area contributed by atoms with Crippen molar-refractivity contribution in [1.82, 2.24) is 9.80 Å². The van der Waals surface area contributed by atoms with Gasteiger partial charge in [-0.25, -0.2) is 8.78 Å². The van der Waals surface area contributed by atoms with E-state index in [0.717, 1.165) is 43.7 Å². The topological polar surface area (TPSA) is 54.4 Å². The first kappa shape index (κ1) is 31.8. The van der Waals surface area contributed by atoms with Gasteiger partial charge in [0.25, 0.3) is 0 Å². The van der Waals surface area contributed by atoms with E-state index in [-0.39, 0.29) is 29.2 Å². The molecule has 0 amide bonds. The highest BCUT2D eigenvalue weighted by Gasteiger charge is 2.35. The molecule has 1 N–H and O–H groups in total. The number of nitrogens with zero attached hydrogens (tertiary/aromatic N) is 2. The van der Waals surface area contributed by atoms with Crippen LogP contribution in [-0.4, -0.2) is 72.5 Å². The van der Waals surface area contributed by atoms with Crippen molar-refractivity contribution in [2.24, 2.45) is 0 Å². The molecule has 2 atom stereocenters. The lowest BCUT2D eigenvalue weighted by atomic mass is 9.98. The Morgan fingerprint density at radius 3 is 1.67 bits per heavy atom. The third kappa shape index (κ3) is 7.22. The van der Waals surface area contributed by atoms with E-state index in [9.17, 15) is 13.9 Å². The summed E-state index contributed by atoms with van der Waals surface area (Å²) in [7, 11) is 1.64. The summed E-state index contributed by atoms with van der Waals surface area (Å²) < 4.78 is 44.6. The summed E-state index contributed by atoms with van der Waals surface area (Å²) in [5.41, 5.74) is 1.52. The Kier molecular flexibility index (Phi) is 11.1. The number of ether oxygens (including phenoxy) is 3. The number of fused-ring (bicyclic) bond motifs is 2. The predicted molar refractivity (Wildman–Crippen MR) is 165 cm³/mol. The van der Waals surface area contributed by atoms with Gasteiger partial charge >= 0.3 is 0 Å². The van der Waals surface area contributed by atoms with Gasteiger partial charge < -0.3 is 19.3 Å². The van der Waals surface area contributed by atoms with Gasteiger partial charge in [0, 0.05) is 35.3 Å². The summed E-state index contributed by atoms with van der Waals surface area (Å²) >= 11 is 0. The molecular weight excluding hydrogens is 550 g/mol. The number of hydrogen-bond acceptors (Lipinski definition) is 6. The molecular formula is C35H50F2N2O4. The number of phenols is 1. The van der Waals surface area contributed by atoms with Crippen molar-refractivity contribution in [3.8, 4) is 23.0 Å². The molecule has 238 valence electrons. The zero-order chi connectivity index (χ0) is 30.3. The Hall–Kier alpha value is -2.58. The smallest absolute Gasteiger partial charge is 0.165 e. The minimum atomic E-state index is -0.371. The van der Waals surface area contributed by atoms with Crippen LogP contribution < -0.4 is 14.2 Å². The van der Waals surface area contributed by atoms with Gasteiger partial charge in [0.15, 0.2) is 23.1 Å². The molecule has 43 heavy (non-hydrogen) atoms. The molecule has 6 rings (SSSR count). The summed E-state index contributed by atoms with van der Waals surface area (Å²) in [5.74, 6) is 0.872. The number of phenolic OH excluding ortho intramolecular Hbond substituents is 1.